The molecule has 1 saturated heterocycles. The standard InChI is InChI=1S/C11H11F2NO/c1-6-4-8(12)10(9(13)5-6)7-2-3-14-11(7)15/h4-5,7H,2-3H2,1H3,(H,14,15). The van der Waals surface area contributed by atoms with Gasteiger partial charge in [-0.3, -0.25) is 4.79 Å². The van der Waals surface area contributed by atoms with Gasteiger partial charge in [-0.25, -0.2) is 8.78 Å². The average Bonchev–Trinajstić information content (AvgIpc) is 2.50. The zero-order valence-corrected chi connectivity index (χ0v) is 8.31. The first-order valence-corrected chi connectivity index (χ1v) is 4.83. The monoisotopic (exact) mass is 211 g/mol. The van der Waals surface area contributed by atoms with Crippen LogP contribution in [0.4, 0.5) is 8.78 Å². The molecule has 15 heavy (non-hydrogen) atoms. The van der Waals surface area contributed by atoms with Crippen molar-refractivity contribution in [1.29, 1.82) is 0 Å². The van der Waals surface area contributed by atoms with Gasteiger partial charge >= 0.3 is 0 Å². The number of nitrogens with one attached hydrogen (secondary N) is 1. The summed E-state index contributed by atoms with van der Waals surface area (Å²) in [5.41, 5.74) is 0.419. The summed E-state index contributed by atoms with van der Waals surface area (Å²) in [5, 5.41) is 2.56. The number of amides is 1. The molecule has 0 aromatic heterocycles. The molecule has 1 unspecified atom stereocenters. The number of halogens is 2. The lowest BCUT2D eigenvalue weighted by Gasteiger charge is -2.10. The van der Waals surface area contributed by atoms with Gasteiger partial charge in [0.15, 0.2) is 0 Å². The number of benzene rings is 1. The van der Waals surface area contributed by atoms with E-state index in [-0.39, 0.29) is 11.5 Å². The average molecular weight is 211 g/mol. The second kappa shape index (κ2) is 3.61. The first-order chi connectivity index (χ1) is 7.09. The molecular formula is C11H11F2NO. The third kappa shape index (κ3) is 1.71. The second-order valence-corrected chi connectivity index (χ2v) is 3.77. The molecule has 4 heteroatoms. The summed E-state index contributed by atoms with van der Waals surface area (Å²) in [6.07, 6.45) is 0.454. The molecule has 1 aromatic rings. The zero-order valence-electron chi connectivity index (χ0n) is 8.31. The summed E-state index contributed by atoms with van der Waals surface area (Å²) in [4.78, 5) is 11.3. The van der Waals surface area contributed by atoms with Crippen molar-refractivity contribution in [2.45, 2.75) is 19.3 Å². The van der Waals surface area contributed by atoms with E-state index < -0.39 is 17.6 Å². The van der Waals surface area contributed by atoms with Gasteiger partial charge in [-0.2, -0.15) is 0 Å². The van der Waals surface area contributed by atoms with Gasteiger partial charge in [-0.05, 0) is 31.0 Å². The highest BCUT2D eigenvalue weighted by atomic mass is 19.1. The van der Waals surface area contributed by atoms with Crippen molar-refractivity contribution in [3.05, 3.63) is 34.9 Å². The highest BCUT2D eigenvalue weighted by Crippen LogP contribution is 2.29. The topological polar surface area (TPSA) is 29.1 Å². The second-order valence-electron chi connectivity index (χ2n) is 3.77. The molecule has 0 radical (unpaired) electrons. The largest absolute Gasteiger partial charge is 0.356 e. The van der Waals surface area contributed by atoms with Crippen LogP contribution in [0.5, 0.6) is 0 Å². The smallest absolute Gasteiger partial charge is 0.227 e. The van der Waals surface area contributed by atoms with Gasteiger partial charge in [0.1, 0.15) is 11.6 Å². The molecule has 0 aliphatic carbocycles. The number of aryl methyl sites for hydroxylation is 1. The fourth-order valence-corrected chi connectivity index (χ4v) is 1.91. The summed E-state index contributed by atoms with van der Waals surface area (Å²) in [7, 11) is 0. The number of hydrogen-bond acceptors (Lipinski definition) is 1. The Morgan fingerprint density at radius 3 is 2.40 bits per heavy atom. The molecule has 1 N–H and O–H groups in total. The van der Waals surface area contributed by atoms with Crippen LogP contribution in [0.2, 0.25) is 0 Å². The predicted molar refractivity (Wildman–Crippen MR) is 51.5 cm³/mol. The van der Waals surface area contributed by atoms with Crippen molar-refractivity contribution in [1.82, 2.24) is 5.32 Å². The lowest BCUT2D eigenvalue weighted by atomic mass is 9.95. The van der Waals surface area contributed by atoms with E-state index in [2.05, 4.69) is 5.32 Å². The Labute approximate surface area is 86.3 Å². The lowest BCUT2D eigenvalue weighted by molar-refractivity contribution is -0.120. The molecule has 1 atom stereocenters. The molecule has 1 aliphatic heterocycles. The van der Waals surface area contributed by atoms with Crippen LogP contribution in [0.1, 0.15) is 23.5 Å². The first-order valence-electron chi connectivity index (χ1n) is 4.83. The highest BCUT2D eigenvalue weighted by Gasteiger charge is 2.30. The Kier molecular flexibility index (Phi) is 2.42. The van der Waals surface area contributed by atoms with Gasteiger partial charge in [0.25, 0.3) is 0 Å². The van der Waals surface area contributed by atoms with E-state index in [4.69, 9.17) is 0 Å². The minimum atomic E-state index is -0.675. The van der Waals surface area contributed by atoms with Crippen LogP contribution in [0.25, 0.3) is 0 Å². The van der Waals surface area contributed by atoms with Crippen LogP contribution in [0.3, 0.4) is 0 Å². The van der Waals surface area contributed by atoms with Gasteiger partial charge in [0, 0.05) is 12.1 Å². The molecule has 2 rings (SSSR count). The normalized spacial score (nSPS) is 20.5. The highest BCUT2D eigenvalue weighted by molar-refractivity contribution is 5.85. The van der Waals surface area contributed by atoms with Crippen LogP contribution in [0, 0.1) is 18.6 Å². The number of carbonyl (C=O) groups is 1. The maximum absolute atomic E-state index is 13.5. The summed E-state index contributed by atoms with van der Waals surface area (Å²) >= 11 is 0. The summed E-state index contributed by atoms with van der Waals surface area (Å²) < 4.78 is 27.0. The minimum absolute atomic E-state index is 0.101. The van der Waals surface area contributed by atoms with Crippen molar-refractivity contribution < 1.29 is 13.6 Å². The molecule has 1 aliphatic rings. The minimum Gasteiger partial charge on any atom is -0.356 e. The Morgan fingerprint density at radius 2 is 1.93 bits per heavy atom. The molecule has 80 valence electrons. The van der Waals surface area contributed by atoms with E-state index in [1.54, 1.807) is 6.92 Å². The molecule has 0 saturated carbocycles. The van der Waals surface area contributed by atoms with E-state index in [0.29, 0.717) is 18.5 Å². The number of rotatable bonds is 1. The summed E-state index contributed by atoms with van der Waals surface area (Å²) in [6.45, 7) is 2.10. The lowest BCUT2D eigenvalue weighted by Crippen LogP contribution is -2.19. The fourth-order valence-electron chi connectivity index (χ4n) is 1.91. The van der Waals surface area contributed by atoms with E-state index in [1.807, 2.05) is 0 Å². The fraction of sp³-hybridized carbons (Fsp3) is 0.364. The van der Waals surface area contributed by atoms with Gasteiger partial charge in [0.05, 0.1) is 5.92 Å². The zero-order chi connectivity index (χ0) is 11.0. The van der Waals surface area contributed by atoms with Crippen molar-refractivity contribution >= 4 is 5.91 Å². The number of carbonyl (C=O) groups excluding carboxylic acids is 1. The number of hydrogen-bond donors (Lipinski definition) is 1. The van der Waals surface area contributed by atoms with Crippen molar-refractivity contribution in [2.75, 3.05) is 6.54 Å². The van der Waals surface area contributed by atoms with Crippen LogP contribution in [0.15, 0.2) is 12.1 Å². The summed E-state index contributed by atoms with van der Waals surface area (Å²) in [6, 6.07) is 2.51. The molecule has 0 spiro atoms. The predicted octanol–water partition coefficient (Wildman–Crippen LogP) is 1.88. The van der Waals surface area contributed by atoms with E-state index in [9.17, 15) is 13.6 Å². The molecule has 0 bridgehead atoms. The van der Waals surface area contributed by atoms with Crippen LogP contribution >= 0.6 is 0 Å². The van der Waals surface area contributed by atoms with E-state index in [0.717, 1.165) is 0 Å². The molecule has 1 heterocycles. The molecule has 2 nitrogen and oxygen atoms in total. The van der Waals surface area contributed by atoms with Crippen molar-refractivity contribution in [2.24, 2.45) is 0 Å². The van der Waals surface area contributed by atoms with E-state index >= 15 is 0 Å². The van der Waals surface area contributed by atoms with Crippen LogP contribution in [-0.2, 0) is 4.79 Å². The maximum Gasteiger partial charge on any atom is 0.227 e. The Bertz CT molecular complexity index is 394. The van der Waals surface area contributed by atoms with E-state index in [1.165, 1.54) is 12.1 Å². The van der Waals surface area contributed by atoms with Gasteiger partial charge in [0.2, 0.25) is 5.91 Å². The maximum atomic E-state index is 13.5. The Hall–Kier alpha value is -1.45. The van der Waals surface area contributed by atoms with Gasteiger partial charge in [-0.15, -0.1) is 0 Å². The van der Waals surface area contributed by atoms with Crippen LogP contribution < -0.4 is 5.32 Å². The van der Waals surface area contributed by atoms with Crippen LogP contribution in [-0.4, -0.2) is 12.5 Å². The third-order valence-electron chi connectivity index (χ3n) is 2.62. The SMILES string of the molecule is Cc1cc(F)c(C2CCNC2=O)c(F)c1. The Balaban J connectivity index is 2.47. The van der Waals surface area contributed by atoms with Crippen molar-refractivity contribution in [3.8, 4) is 0 Å². The molecule has 1 aromatic carbocycles. The first kappa shape index (κ1) is 10.1. The quantitative estimate of drug-likeness (QED) is 0.755. The molecule has 1 fully saturated rings. The Morgan fingerprint density at radius 1 is 1.33 bits per heavy atom. The molecule has 1 amide bonds. The van der Waals surface area contributed by atoms with Crippen molar-refractivity contribution in [3.63, 3.8) is 0 Å². The van der Waals surface area contributed by atoms with Gasteiger partial charge in [-0.1, -0.05) is 0 Å². The van der Waals surface area contributed by atoms with Gasteiger partial charge < -0.3 is 5.32 Å². The summed E-state index contributed by atoms with van der Waals surface area (Å²) in [5.74, 6) is -2.23. The molecular weight excluding hydrogens is 200 g/mol. The third-order valence-corrected chi connectivity index (χ3v) is 2.62.